The molecule has 114 valence electrons. The molecule has 2 rings (SSSR count). The highest BCUT2D eigenvalue weighted by atomic mass is 16.3. The number of aryl methyl sites for hydroxylation is 2. The third-order valence-electron chi connectivity index (χ3n) is 3.70. The maximum Gasteiger partial charge on any atom is 0.123 e. The molecule has 0 radical (unpaired) electrons. The molecule has 1 heterocycles. The first kappa shape index (κ1) is 15.6. The average molecular weight is 286 g/mol. The van der Waals surface area contributed by atoms with Gasteiger partial charge in [0.25, 0.3) is 0 Å². The molecule has 21 heavy (non-hydrogen) atoms. The van der Waals surface area contributed by atoms with Crippen LogP contribution in [0.3, 0.4) is 0 Å². The third-order valence-corrected chi connectivity index (χ3v) is 3.70. The van der Waals surface area contributed by atoms with Crippen LogP contribution < -0.4 is 10.2 Å². The molecule has 1 aromatic heterocycles. The number of hydrogen-bond donors (Lipinski definition) is 1. The van der Waals surface area contributed by atoms with Crippen molar-refractivity contribution < 1.29 is 4.42 Å². The van der Waals surface area contributed by atoms with Crippen LogP contribution in [0.4, 0.5) is 5.69 Å². The summed E-state index contributed by atoms with van der Waals surface area (Å²) in [6.07, 6.45) is 0. The molecule has 3 nitrogen and oxygen atoms in total. The standard InChI is InChI=1S/C18H26N2O/c1-5-19-12-18-15(4)11-17(21-18)13-20(6-2)16-9-7-8-14(3)10-16/h7-11,19H,5-6,12-13H2,1-4H3. The van der Waals surface area contributed by atoms with Gasteiger partial charge < -0.3 is 14.6 Å². The fourth-order valence-corrected chi connectivity index (χ4v) is 2.48. The van der Waals surface area contributed by atoms with E-state index in [4.69, 9.17) is 4.42 Å². The lowest BCUT2D eigenvalue weighted by molar-refractivity contribution is 0.444. The second kappa shape index (κ2) is 7.32. The third kappa shape index (κ3) is 4.11. The molecule has 1 N–H and O–H groups in total. The van der Waals surface area contributed by atoms with Gasteiger partial charge in [-0.1, -0.05) is 19.1 Å². The number of furan rings is 1. The summed E-state index contributed by atoms with van der Waals surface area (Å²) < 4.78 is 6.00. The first-order valence-corrected chi connectivity index (χ1v) is 7.74. The second-order valence-electron chi connectivity index (χ2n) is 5.45. The Hall–Kier alpha value is -1.74. The van der Waals surface area contributed by atoms with Gasteiger partial charge in [0.05, 0.1) is 13.1 Å². The highest BCUT2D eigenvalue weighted by molar-refractivity contribution is 5.48. The van der Waals surface area contributed by atoms with Crippen LogP contribution in [-0.2, 0) is 13.1 Å². The monoisotopic (exact) mass is 286 g/mol. The topological polar surface area (TPSA) is 28.4 Å². The highest BCUT2D eigenvalue weighted by Crippen LogP contribution is 2.21. The molecule has 0 aliphatic rings. The summed E-state index contributed by atoms with van der Waals surface area (Å²) in [4.78, 5) is 2.34. The normalized spacial score (nSPS) is 10.9. The lowest BCUT2D eigenvalue weighted by atomic mass is 10.2. The summed E-state index contributed by atoms with van der Waals surface area (Å²) in [5.41, 5.74) is 3.76. The van der Waals surface area contributed by atoms with Gasteiger partial charge in [0.15, 0.2) is 0 Å². The van der Waals surface area contributed by atoms with Gasteiger partial charge in [0, 0.05) is 12.2 Å². The largest absolute Gasteiger partial charge is 0.463 e. The zero-order valence-electron chi connectivity index (χ0n) is 13.6. The van der Waals surface area contributed by atoms with Crippen LogP contribution in [0.15, 0.2) is 34.7 Å². The van der Waals surface area contributed by atoms with Crippen molar-refractivity contribution in [2.75, 3.05) is 18.0 Å². The Morgan fingerprint density at radius 3 is 2.62 bits per heavy atom. The smallest absolute Gasteiger partial charge is 0.123 e. The van der Waals surface area contributed by atoms with E-state index in [0.717, 1.165) is 37.7 Å². The lowest BCUT2D eigenvalue weighted by Gasteiger charge is -2.22. The van der Waals surface area contributed by atoms with Crippen molar-refractivity contribution in [2.24, 2.45) is 0 Å². The van der Waals surface area contributed by atoms with E-state index in [1.807, 2.05) is 0 Å². The Balaban J connectivity index is 2.11. The molecule has 3 heteroatoms. The van der Waals surface area contributed by atoms with E-state index in [9.17, 15) is 0 Å². The SMILES string of the molecule is CCNCc1oc(CN(CC)c2cccc(C)c2)cc1C. The van der Waals surface area contributed by atoms with Gasteiger partial charge in [-0.25, -0.2) is 0 Å². The van der Waals surface area contributed by atoms with Crippen molar-refractivity contribution in [1.82, 2.24) is 5.32 Å². The molecule has 0 aliphatic heterocycles. The number of nitrogens with one attached hydrogen (secondary N) is 1. The van der Waals surface area contributed by atoms with Gasteiger partial charge in [-0.2, -0.15) is 0 Å². The molecule has 0 saturated carbocycles. The number of hydrogen-bond acceptors (Lipinski definition) is 3. The Labute approximate surface area is 128 Å². The van der Waals surface area contributed by atoms with Crippen molar-refractivity contribution in [1.29, 1.82) is 0 Å². The Morgan fingerprint density at radius 1 is 1.14 bits per heavy atom. The van der Waals surface area contributed by atoms with Gasteiger partial charge in [0.1, 0.15) is 11.5 Å². The molecule has 0 aliphatic carbocycles. The first-order valence-electron chi connectivity index (χ1n) is 7.74. The van der Waals surface area contributed by atoms with E-state index in [-0.39, 0.29) is 0 Å². The minimum atomic E-state index is 0.804. The van der Waals surface area contributed by atoms with Crippen LogP contribution >= 0.6 is 0 Å². The molecule has 0 bridgehead atoms. The summed E-state index contributed by atoms with van der Waals surface area (Å²) in [6.45, 7) is 12.1. The van der Waals surface area contributed by atoms with Crippen molar-refractivity contribution >= 4 is 5.69 Å². The molecule has 0 spiro atoms. The predicted molar refractivity (Wildman–Crippen MR) is 88.7 cm³/mol. The summed E-state index contributed by atoms with van der Waals surface area (Å²) in [6, 6.07) is 10.8. The lowest BCUT2D eigenvalue weighted by Crippen LogP contribution is -2.21. The molecule has 0 saturated heterocycles. The van der Waals surface area contributed by atoms with E-state index in [0.29, 0.717) is 0 Å². The summed E-state index contributed by atoms with van der Waals surface area (Å²) in [5, 5.41) is 3.32. The zero-order chi connectivity index (χ0) is 15.2. The number of anilines is 1. The van der Waals surface area contributed by atoms with Crippen LogP contribution in [0.25, 0.3) is 0 Å². The molecule has 0 atom stereocenters. The number of benzene rings is 1. The van der Waals surface area contributed by atoms with Crippen LogP contribution in [0.5, 0.6) is 0 Å². The molecule has 0 fully saturated rings. The van der Waals surface area contributed by atoms with E-state index < -0.39 is 0 Å². The van der Waals surface area contributed by atoms with Crippen molar-refractivity contribution in [3.63, 3.8) is 0 Å². The summed E-state index contributed by atoms with van der Waals surface area (Å²) in [5.74, 6) is 2.08. The maximum absolute atomic E-state index is 6.00. The summed E-state index contributed by atoms with van der Waals surface area (Å²) >= 11 is 0. The van der Waals surface area contributed by atoms with E-state index in [1.54, 1.807) is 0 Å². The molecular formula is C18H26N2O. The molecule has 2 aromatic rings. The van der Waals surface area contributed by atoms with Crippen molar-refractivity contribution in [2.45, 2.75) is 40.8 Å². The van der Waals surface area contributed by atoms with Gasteiger partial charge in [0.2, 0.25) is 0 Å². The molecule has 1 aromatic carbocycles. The first-order chi connectivity index (χ1) is 10.1. The van der Waals surface area contributed by atoms with Crippen molar-refractivity contribution in [3.05, 3.63) is 53.0 Å². The minimum absolute atomic E-state index is 0.804. The van der Waals surface area contributed by atoms with Crippen LogP contribution in [0, 0.1) is 13.8 Å². The quantitative estimate of drug-likeness (QED) is 0.833. The summed E-state index contributed by atoms with van der Waals surface area (Å²) in [7, 11) is 0. The van der Waals surface area contributed by atoms with Gasteiger partial charge >= 0.3 is 0 Å². The van der Waals surface area contributed by atoms with Gasteiger partial charge in [-0.05, 0) is 56.6 Å². The van der Waals surface area contributed by atoms with E-state index >= 15 is 0 Å². The predicted octanol–water partition coefficient (Wildman–Crippen LogP) is 4.03. The molecule has 0 amide bonds. The number of rotatable bonds is 7. The Bertz CT molecular complexity index is 574. The van der Waals surface area contributed by atoms with Crippen molar-refractivity contribution in [3.8, 4) is 0 Å². The Morgan fingerprint density at radius 2 is 1.95 bits per heavy atom. The van der Waals surface area contributed by atoms with Crippen LogP contribution in [-0.4, -0.2) is 13.1 Å². The maximum atomic E-state index is 6.00. The Kier molecular flexibility index (Phi) is 5.45. The van der Waals surface area contributed by atoms with Gasteiger partial charge in [-0.3, -0.25) is 0 Å². The fraction of sp³-hybridized carbons (Fsp3) is 0.444. The molecule has 0 unspecified atom stereocenters. The second-order valence-corrected chi connectivity index (χ2v) is 5.45. The zero-order valence-corrected chi connectivity index (χ0v) is 13.6. The fourth-order valence-electron chi connectivity index (χ4n) is 2.48. The average Bonchev–Trinajstić information content (AvgIpc) is 2.82. The van der Waals surface area contributed by atoms with Crippen LogP contribution in [0.2, 0.25) is 0 Å². The minimum Gasteiger partial charge on any atom is -0.463 e. The molecular weight excluding hydrogens is 260 g/mol. The van der Waals surface area contributed by atoms with E-state index in [2.05, 4.69) is 68.2 Å². The number of nitrogens with zero attached hydrogens (tertiary/aromatic N) is 1. The van der Waals surface area contributed by atoms with Gasteiger partial charge in [-0.15, -0.1) is 0 Å². The highest BCUT2D eigenvalue weighted by Gasteiger charge is 2.11. The van der Waals surface area contributed by atoms with Crippen LogP contribution in [0.1, 0.15) is 36.5 Å². The van der Waals surface area contributed by atoms with E-state index in [1.165, 1.54) is 16.8 Å².